The zero-order valence-corrected chi connectivity index (χ0v) is 11.3. The van der Waals surface area contributed by atoms with Crippen molar-refractivity contribution in [1.29, 1.82) is 0 Å². The Kier molecular flexibility index (Phi) is 4.87. The molecule has 0 bridgehead atoms. The van der Waals surface area contributed by atoms with Gasteiger partial charge in [-0.05, 0) is 13.3 Å². The lowest BCUT2D eigenvalue weighted by Crippen LogP contribution is -2.43. The van der Waals surface area contributed by atoms with Gasteiger partial charge in [0.2, 0.25) is 0 Å². The molecule has 0 aliphatic heterocycles. The number of aromatic amines is 1. The minimum Gasteiger partial charge on any atom is -0.396 e. The molecule has 0 radical (unpaired) electrons. The maximum atomic E-state index is 12.0. The van der Waals surface area contributed by atoms with E-state index in [9.17, 15) is 9.59 Å². The molecule has 19 heavy (non-hydrogen) atoms. The minimum atomic E-state index is -0.637. The summed E-state index contributed by atoms with van der Waals surface area (Å²) < 4.78 is 1.81. The van der Waals surface area contributed by atoms with Crippen LogP contribution >= 0.6 is 0 Å². The van der Waals surface area contributed by atoms with Crippen LogP contribution in [0.15, 0.2) is 9.59 Å². The lowest BCUT2D eigenvalue weighted by Gasteiger charge is -2.05. The van der Waals surface area contributed by atoms with Crippen molar-refractivity contribution < 1.29 is 5.11 Å². The van der Waals surface area contributed by atoms with Crippen LogP contribution in [-0.4, -0.2) is 30.9 Å². The fourth-order valence-electron chi connectivity index (χ4n) is 1.67. The summed E-state index contributed by atoms with van der Waals surface area (Å²) in [5.74, 6) is 6.08. The molecule has 0 unspecified atom stereocenters. The number of rotatable bonds is 3. The van der Waals surface area contributed by atoms with Gasteiger partial charge in [-0.15, -0.1) is 0 Å². The summed E-state index contributed by atoms with van der Waals surface area (Å²) in [6, 6.07) is 0. The first-order valence-electron chi connectivity index (χ1n) is 6.14. The molecule has 0 amide bonds. The summed E-state index contributed by atoms with van der Waals surface area (Å²) in [6.45, 7) is 5.69. The number of imidazole rings is 1. The second kappa shape index (κ2) is 6.19. The number of H-pyrrole nitrogens is 1. The molecule has 0 aliphatic carbocycles. The Labute approximate surface area is 109 Å². The van der Waals surface area contributed by atoms with Gasteiger partial charge in [-0.25, -0.2) is 9.78 Å². The van der Waals surface area contributed by atoms with Crippen molar-refractivity contribution in [3.63, 3.8) is 0 Å². The Bertz CT molecular complexity index is 667. The van der Waals surface area contributed by atoms with E-state index in [-0.39, 0.29) is 24.3 Å². The highest BCUT2D eigenvalue weighted by molar-refractivity contribution is 5.69. The van der Waals surface area contributed by atoms with E-state index in [1.54, 1.807) is 6.92 Å². The van der Waals surface area contributed by atoms with E-state index in [2.05, 4.69) is 9.97 Å². The summed E-state index contributed by atoms with van der Waals surface area (Å²) in [6.07, 6.45) is 0.313. The highest BCUT2D eigenvalue weighted by Crippen LogP contribution is 2.01. The second-order valence-electron chi connectivity index (χ2n) is 3.71. The molecule has 0 aliphatic rings. The number of hydrogen-bond acceptors (Lipinski definition) is 5. The minimum absolute atomic E-state index is 0.101. The van der Waals surface area contributed by atoms with Crippen molar-refractivity contribution in [3.05, 3.63) is 26.7 Å². The van der Waals surface area contributed by atoms with E-state index in [1.807, 2.05) is 13.8 Å². The molecule has 2 rings (SSSR count). The van der Waals surface area contributed by atoms with Gasteiger partial charge >= 0.3 is 5.69 Å². The lowest BCUT2D eigenvalue weighted by atomic mass is 10.4. The lowest BCUT2D eigenvalue weighted by molar-refractivity contribution is 0.277. The van der Waals surface area contributed by atoms with E-state index >= 15 is 0 Å². The Morgan fingerprint density at radius 1 is 1.37 bits per heavy atom. The van der Waals surface area contributed by atoms with E-state index in [0.717, 1.165) is 9.24 Å². The van der Waals surface area contributed by atoms with Gasteiger partial charge in [-0.3, -0.25) is 9.36 Å². The predicted molar refractivity (Wildman–Crippen MR) is 72.6 cm³/mol. The van der Waals surface area contributed by atoms with Gasteiger partial charge in [0.1, 0.15) is 5.82 Å². The van der Waals surface area contributed by atoms with E-state index in [4.69, 9.17) is 10.9 Å². The number of aromatic nitrogens is 4. The first-order chi connectivity index (χ1) is 9.06. The van der Waals surface area contributed by atoms with Crippen molar-refractivity contribution in [3.8, 4) is 0 Å². The van der Waals surface area contributed by atoms with Crippen molar-refractivity contribution in [1.82, 2.24) is 19.2 Å². The molecule has 0 saturated heterocycles. The van der Waals surface area contributed by atoms with E-state index in [1.165, 1.54) is 0 Å². The average Bonchev–Trinajstić information content (AvgIpc) is 2.81. The molecule has 4 N–H and O–H groups in total. The maximum absolute atomic E-state index is 12.0. The van der Waals surface area contributed by atoms with Crippen molar-refractivity contribution in [2.75, 3.05) is 12.4 Å². The normalized spacial score (nSPS) is 10.3. The van der Waals surface area contributed by atoms with Crippen LogP contribution in [0, 0.1) is 6.92 Å². The highest BCUT2D eigenvalue weighted by atomic mass is 16.3. The zero-order chi connectivity index (χ0) is 14.6. The average molecular weight is 269 g/mol. The first-order valence-corrected chi connectivity index (χ1v) is 6.14. The molecule has 0 saturated carbocycles. The maximum Gasteiger partial charge on any atom is 0.351 e. The monoisotopic (exact) mass is 269 g/mol. The molecule has 0 aromatic carbocycles. The van der Waals surface area contributed by atoms with Crippen LogP contribution in [0.4, 0.5) is 0 Å². The Morgan fingerprint density at radius 2 is 2.00 bits per heavy atom. The number of fused-ring (bicyclic) bond motifs is 1. The molecule has 0 atom stereocenters. The van der Waals surface area contributed by atoms with Crippen LogP contribution < -0.4 is 17.1 Å². The van der Waals surface area contributed by atoms with Crippen LogP contribution in [0.1, 0.15) is 26.1 Å². The molecule has 2 heterocycles. The number of nitrogens with zero attached hydrogens (tertiary/aromatic N) is 3. The summed E-state index contributed by atoms with van der Waals surface area (Å²) in [4.78, 5) is 30.5. The van der Waals surface area contributed by atoms with Crippen molar-refractivity contribution in [2.24, 2.45) is 0 Å². The molecule has 106 valence electrons. The van der Waals surface area contributed by atoms with Crippen LogP contribution in [0.2, 0.25) is 0 Å². The van der Waals surface area contributed by atoms with Crippen molar-refractivity contribution >= 4 is 11.2 Å². The number of nitrogens with two attached hydrogens (primary N) is 1. The number of nitrogens with one attached hydrogen (secondary N) is 1. The molecule has 8 heteroatoms. The van der Waals surface area contributed by atoms with Crippen LogP contribution in [-0.2, 0) is 6.54 Å². The summed E-state index contributed by atoms with van der Waals surface area (Å²) in [5, 5.41) is 8.72. The number of hydrogen-bond donors (Lipinski definition) is 3. The number of aryl methyl sites for hydroxylation is 1. The predicted octanol–water partition coefficient (Wildman–Crippen LogP) is -0.683. The van der Waals surface area contributed by atoms with E-state index < -0.39 is 11.2 Å². The fourth-order valence-corrected chi connectivity index (χ4v) is 1.67. The largest absolute Gasteiger partial charge is 0.396 e. The van der Waals surface area contributed by atoms with Gasteiger partial charge in [0, 0.05) is 13.2 Å². The Balaban J connectivity index is 0.000000861. The fraction of sp³-hybridized carbons (Fsp3) is 0.545. The third-order valence-electron chi connectivity index (χ3n) is 2.47. The first kappa shape index (κ1) is 15.0. The van der Waals surface area contributed by atoms with Gasteiger partial charge in [-0.1, -0.05) is 13.8 Å². The number of nitrogen functional groups attached to an aromatic ring is 1. The summed E-state index contributed by atoms with van der Waals surface area (Å²) in [5.41, 5.74) is -0.775. The van der Waals surface area contributed by atoms with Crippen molar-refractivity contribution in [2.45, 2.75) is 33.7 Å². The van der Waals surface area contributed by atoms with Crippen LogP contribution in [0.25, 0.3) is 11.2 Å². The Morgan fingerprint density at radius 3 is 2.58 bits per heavy atom. The van der Waals surface area contributed by atoms with Crippen LogP contribution in [0.5, 0.6) is 0 Å². The smallest absolute Gasteiger partial charge is 0.351 e. The molecule has 8 nitrogen and oxygen atoms in total. The van der Waals surface area contributed by atoms with Gasteiger partial charge in [-0.2, -0.15) is 4.68 Å². The van der Waals surface area contributed by atoms with Gasteiger partial charge in [0.25, 0.3) is 5.56 Å². The third kappa shape index (κ3) is 2.68. The standard InChI is InChI=1S/C9H13N5O3.C2H6/c1-5-11-6-7(12-5)14(10)9(17)13(8(6)16)3-2-4-15;1-2/h15H,2-4,10H2,1H3,(H,11,12);1-2H3. The topological polar surface area (TPSA) is 119 Å². The SMILES string of the molecule is CC.Cc1nc2c([nH]1)c(=O)n(CCCO)c(=O)n2N. The second-order valence-corrected chi connectivity index (χ2v) is 3.71. The molecular formula is C11H19N5O3. The Hall–Kier alpha value is -2.09. The molecular weight excluding hydrogens is 250 g/mol. The summed E-state index contributed by atoms with van der Waals surface area (Å²) in [7, 11) is 0. The zero-order valence-electron chi connectivity index (χ0n) is 11.3. The van der Waals surface area contributed by atoms with Gasteiger partial charge in [0.05, 0.1) is 0 Å². The van der Waals surface area contributed by atoms with E-state index in [0.29, 0.717) is 12.2 Å². The van der Waals surface area contributed by atoms with Gasteiger partial charge in [0.15, 0.2) is 11.2 Å². The van der Waals surface area contributed by atoms with Crippen LogP contribution in [0.3, 0.4) is 0 Å². The molecule has 2 aromatic rings. The summed E-state index contributed by atoms with van der Waals surface area (Å²) >= 11 is 0. The quantitative estimate of drug-likeness (QED) is 0.638. The molecule has 0 fully saturated rings. The highest BCUT2D eigenvalue weighted by Gasteiger charge is 2.14. The van der Waals surface area contributed by atoms with Gasteiger partial charge < -0.3 is 15.9 Å². The number of aliphatic hydroxyl groups is 1. The molecule has 2 aromatic heterocycles. The molecule has 0 spiro atoms. The third-order valence-corrected chi connectivity index (χ3v) is 2.47. The number of aliphatic hydroxyl groups excluding tert-OH is 1.